The number of fused-ring (bicyclic) bond motifs is 1. The van der Waals surface area contributed by atoms with Gasteiger partial charge in [0, 0.05) is 6.08 Å². The molecule has 0 radical (unpaired) electrons. The fraction of sp³-hybridized carbons (Fsp3) is 0. The van der Waals surface area contributed by atoms with Crippen LogP contribution >= 0.6 is 0 Å². The zero-order valence-corrected chi connectivity index (χ0v) is 5.32. The topological polar surface area (TPSA) is 28.9 Å². The van der Waals surface area contributed by atoms with Crippen molar-refractivity contribution in [2.75, 3.05) is 0 Å². The molecule has 0 amide bonds. The number of nitrogens with zero attached hydrogens (tertiary/aromatic N) is 1. The minimum Gasteiger partial charge on any atom is -0.469 e. The first-order chi connectivity index (χ1) is 4.97. The van der Waals surface area contributed by atoms with E-state index in [1.54, 1.807) is 12.5 Å². The first-order valence-corrected chi connectivity index (χ1v) is 3.03. The van der Waals surface area contributed by atoms with Gasteiger partial charge in [-0.1, -0.05) is 0 Å². The van der Waals surface area contributed by atoms with Gasteiger partial charge in [0.25, 0.3) is 0 Å². The van der Waals surface area contributed by atoms with Gasteiger partial charge in [-0.25, -0.2) is 4.98 Å². The highest BCUT2D eigenvalue weighted by molar-refractivity contribution is 5.40. The van der Waals surface area contributed by atoms with Gasteiger partial charge in [-0.3, -0.25) is 0 Å². The molecule has 0 saturated heterocycles. The number of aromatic amines is 1. The summed E-state index contributed by atoms with van der Waals surface area (Å²) in [5, 5.41) is 0. The molecule has 3 heteroatoms. The second-order valence-corrected chi connectivity index (χ2v) is 2.00. The van der Waals surface area contributed by atoms with Crippen LogP contribution in [0.15, 0.2) is 25.0 Å². The molecule has 2 heterocycles. The second-order valence-electron chi connectivity index (χ2n) is 2.00. The Hall–Kier alpha value is -1.51. The van der Waals surface area contributed by atoms with Crippen LogP contribution in [0.4, 0.5) is 0 Å². The van der Waals surface area contributed by atoms with Crippen molar-refractivity contribution in [3.63, 3.8) is 0 Å². The number of ether oxygens (including phenoxy) is 1. The smallest absolute Gasteiger partial charge is 0.246 e. The van der Waals surface area contributed by atoms with E-state index >= 15 is 0 Å². The van der Waals surface area contributed by atoms with Crippen LogP contribution < -0.4 is 4.57 Å². The molecule has 0 saturated carbocycles. The number of hydrogen-bond donors (Lipinski definition) is 1. The predicted octanol–water partition coefficient (Wildman–Crippen LogP) is 0.731. The zero-order valence-electron chi connectivity index (χ0n) is 5.32. The quantitative estimate of drug-likeness (QED) is 0.522. The Morgan fingerprint density at radius 1 is 1.40 bits per heavy atom. The number of rotatable bonds is 0. The van der Waals surface area contributed by atoms with E-state index in [1.807, 2.05) is 29.4 Å². The largest absolute Gasteiger partial charge is 0.469 e. The van der Waals surface area contributed by atoms with Gasteiger partial charge in [0.15, 0.2) is 5.69 Å². The van der Waals surface area contributed by atoms with Gasteiger partial charge in [0.1, 0.15) is 18.7 Å². The molecule has 50 valence electrons. The average Bonchev–Trinajstić information content (AvgIpc) is 2.28. The third-order valence-electron chi connectivity index (χ3n) is 1.36. The Balaban J connectivity index is 2.56. The standard InChI is InChI=1S/C7H6N2O/c1-3-10-4-2-9-6-8-5-7(1)9/h1-6H/p+1. The molecule has 1 aromatic heterocycles. The molecule has 0 spiro atoms. The van der Waals surface area contributed by atoms with Crippen molar-refractivity contribution >= 4 is 12.3 Å². The Morgan fingerprint density at radius 2 is 2.40 bits per heavy atom. The van der Waals surface area contributed by atoms with Crippen LogP contribution in [0.5, 0.6) is 0 Å². The van der Waals surface area contributed by atoms with Crippen molar-refractivity contribution in [3.8, 4) is 0 Å². The van der Waals surface area contributed by atoms with Crippen LogP contribution in [0.25, 0.3) is 12.3 Å². The molecule has 0 aromatic carbocycles. The highest BCUT2D eigenvalue weighted by atomic mass is 16.5. The summed E-state index contributed by atoms with van der Waals surface area (Å²) in [6, 6.07) is 0. The summed E-state index contributed by atoms with van der Waals surface area (Å²) >= 11 is 0. The number of nitrogens with one attached hydrogen (secondary N) is 1. The first kappa shape index (κ1) is 5.29. The highest BCUT2D eigenvalue weighted by Gasteiger charge is 2.03. The zero-order chi connectivity index (χ0) is 6.81. The molecule has 0 fully saturated rings. The average molecular weight is 135 g/mol. The number of H-pyrrole nitrogens is 1. The molecule has 0 unspecified atom stereocenters. The maximum absolute atomic E-state index is 4.94. The lowest BCUT2D eigenvalue weighted by Gasteiger charge is -1.80. The van der Waals surface area contributed by atoms with Crippen molar-refractivity contribution in [2.24, 2.45) is 0 Å². The lowest BCUT2D eigenvalue weighted by Crippen LogP contribution is -2.25. The number of hydrogen-bond acceptors (Lipinski definition) is 1. The summed E-state index contributed by atoms with van der Waals surface area (Å²) in [6.07, 6.45) is 10.7. The van der Waals surface area contributed by atoms with Crippen LogP contribution in [0.2, 0.25) is 0 Å². The monoisotopic (exact) mass is 135 g/mol. The molecule has 0 atom stereocenters. The van der Waals surface area contributed by atoms with Gasteiger partial charge in [0.05, 0.1) is 6.26 Å². The SMILES string of the molecule is C1=Cc2c[nH]c[n+]2C=CO1. The van der Waals surface area contributed by atoms with Crippen molar-refractivity contribution < 1.29 is 9.30 Å². The lowest BCUT2D eigenvalue weighted by molar-refractivity contribution is -0.568. The van der Waals surface area contributed by atoms with E-state index in [-0.39, 0.29) is 0 Å². The third kappa shape index (κ3) is 0.719. The van der Waals surface area contributed by atoms with Crippen molar-refractivity contribution in [3.05, 3.63) is 30.7 Å². The van der Waals surface area contributed by atoms with Crippen LogP contribution in [-0.4, -0.2) is 4.98 Å². The molecule has 3 nitrogen and oxygen atoms in total. The fourth-order valence-corrected chi connectivity index (χ4v) is 0.870. The summed E-state index contributed by atoms with van der Waals surface area (Å²) in [6.45, 7) is 0. The van der Waals surface area contributed by atoms with E-state index in [0.717, 1.165) is 5.69 Å². The third-order valence-corrected chi connectivity index (χ3v) is 1.36. The number of imidazole rings is 1. The van der Waals surface area contributed by atoms with Crippen LogP contribution in [-0.2, 0) is 4.74 Å². The normalized spacial score (nSPS) is 14.0. The van der Waals surface area contributed by atoms with E-state index in [9.17, 15) is 0 Å². The van der Waals surface area contributed by atoms with E-state index in [0.29, 0.717) is 0 Å². The van der Waals surface area contributed by atoms with Gasteiger partial charge in [0.2, 0.25) is 6.33 Å². The first-order valence-electron chi connectivity index (χ1n) is 3.03. The van der Waals surface area contributed by atoms with E-state index in [2.05, 4.69) is 4.98 Å². The minimum absolute atomic E-state index is 1.08. The predicted molar refractivity (Wildman–Crippen MR) is 36.4 cm³/mol. The maximum atomic E-state index is 4.94. The lowest BCUT2D eigenvalue weighted by atomic mass is 10.4. The molecule has 1 aliphatic heterocycles. The van der Waals surface area contributed by atoms with Crippen molar-refractivity contribution in [1.82, 2.24) is 4.98 Å². The van der Waals surface area contributed by atoms with Gasteiger partial charge in [-0.2, -0.15) is 4.57 Å². The summed E-state index contributed by atoms with van der Waals surface area (Å²) in [4.78, 5) is 2.97. The van der Waals surface area contributed by atoms with Gasteiger partial charge >= 0.3 is 0 Å². The Bertz CT molecular complexity index is 259. The van der Waals surface area contributed by atoms with Crippen LogP contribution in [0.3, 0.4) is 0 Å². The van der Waals surface area contributed by atoms with Gasteiger partial charge < -0.3 is 4.74 Å². The molecule has 0 bridgehead atoms. The molecule has 2 rings (SSSR count). The summed E-state index contributed by atoms with van der Waals surface area (Å²) < 4.78 is 6.87. The van der Waals surface area contributed by atoms with Crippen molar-refractivity contribution in [1.29, 1.82) is 0 Å². The minimum atomic E-state index is 1.08. The summed E-state index contributed by atoms with van der Waals surface area (Å²) in [7, 11) is 0. The molecule has 1 aliphatic rings. The van der Waals surface area contributed by atoms with Crippen molar-refractivity contribution in [2.45, 2.75) is 0 Å². The molecular weight excluding hydrogens is 128 g/mol. The Labute approximate surface area is 58.3 Å². The van der Waals surface area contributed by atoms with Crippen LogP contribution in [0, 0.1) is 0 Å². The Morgan fingerprint density at radius 3 is 3.40 bits per heavy atom. The fourth-order valence-electron chi connectivity index (χ4n) is 0.870. The summed E-state index contributed by atoms with van der Waals surface area (Å²) in [5.74, 6) is 0. The van der Waals surface area contributed by atoms with Gasteiger partial charge in [-0.15, -0.1) is 0 Å². The molecule has 1 N–H and O–H groups in total. The Kier molecular flexibility index (Phi) is 1.07. The van der Waals surface area contributed by atoms with E-state index < -0.39 is 0 Å². The van der Waals surface area contributed by atoms with Crippen LogP contribution in [0.1, 0.15) is 5.69 Å². The molecular formula is C7H7N2O+. The number of aromatic nitrogens is 2. The molecule has 1 aromatic rings. The molecule has 10 heavy (non-hydrogen) atoms. The van der Waals surface area contributed by atoms with Gasteiger partial charge in [-0.05, 0) is 0 Å². The maximum Gasteiger partial charge on any atom is 0.246 e. The van der Waals surface area contributed by atoms with E-state index in [4.69, 9.17) is 4.74 Å². The van der Waals surface area contributed by atoms with E-state index in [1.165, 1.54) is 0 Å². The highest BCUT2D eigenvalue weighted by Crippen LogP contribution is 1.97. The summed E-state index contributed by atoms with van der Waals surface area (Å²) in [5.41, 5.74) is 1.08. The molecule has 0 aliphatic carbocycles. The second kappa shape index (κ2) is 2.02.